The Morgan fingerprint density at radius 3 is 2.53 bits per heavy atom. The maximum Gasteiger partial charge on any atom is 0.251 e. The smallest absolute Gasteiger partial charge is 0.251 e. The molecule has 2 N–H and O–H groups in total. The highest BCUT2D eigenvalue weighted by atomic mass is 16.5. The first-order chi connectivity index (χ1) is 15.6. The number of amides is 1. The molecule has 3 heterocycles. The van der Waals surface area contributed by atoms with Crippen LogP contribution in [-0.2, 0) is 6.42 Å². The van der Waals surface area contributed by atoms with Crippen molar-refractivity contribution in [3.63, 3.8) is 0 Å². The Labute approximate surface area is 187 Å². The molecule has 0 radical (unpaired) electrons. The summed E-state index contributed by atoms with van der Waals surface area (Å²) in [5.41, 5.74) is 4.43. The number of ether oxygens (including phenoxy) is 3. The summed E-state index contributed by atoms with van der Waals surface area (Å²) in [5, 5.41) is 4.57. The van der Waals surface area contributed by atoms with Crippen molar-refractivity contribution in [2.45, 2.75) is 31.3 Å². The van der Waals surface area contributed by atoms with Crippen LogP contribution in [0.2, 0.25) is 0 Å². The van der Waals surface area contributed by atoms with E-state index >= 15 is 0 Å². The Hall–Kier alpha value is -3.19. The van der Waals surface area contributed by atoms with Crippen LogP contribution in [0.4, 0.5) is 0 Å². The number of hydrogen-bond donors (Lipinski definition) is 2. The molecule has 168 valence electrons. The van der Waals surface area contributed by atoms with E-state index in [0.29, 0.717) is 28.9 Å². The third-order valence-corrected chi connectivity index (χ3v) is 6.80. The molecule has 0 aliphatic carbocycles. The van der Waals surface area contributed by atoms with E-state index in [2.05, 4.69) is 39.5 Å². The van der Waals surface area contributed by atoms with Crippen molar-refractivity contribution >= 4 is 16.8 Å². The third-order valence-electron chi connectivity index (χ3n) is 6.80. The number of benzene rings is 2. The van der Waals surface area contributed by atoms with Gasteiger partial charge in [0.15, 0.2) is 11.5 Å². The number of hydrogen-bond acceptors (Lipinski definition) is 5. The number of para-hydroxylation sites is 1. The maximum atomic E-state index is 13.1. The molecule has 0 unspecified atom stereocenters. The number of nitrogens with one attached hydrogen (secondary N) is 2. The van der Waals surface area contributed by atoms with Gasteiger partial charge in [0.05, 0.1) is 27.4 Å². The number of nitrogens with zero attached hydrogens (tertiary/aromatic N) is 1. The molecule has 0 spiro atoms. The lowest BCUT2D eigenvalue weighted by Crippen LogP contribution is -2.48. The van der Waals surface area contributed by atoms with E-state index in [0.717, 1.165) is 32.4 Å². The summed E-state index contributed by atoms with van der Waals surface area (Å²) in [5.74, 6) is 1.30. The van der Waals surface area contributed by atoms with E-state index < -0.39 is 0 Å². The molecule has 1 aromatic heterocycles. The fraction of sp³-hybridized carbons (Fsp3) is 0.400. The minimum atomic E-state index is -0.129. The van der Waals surface area contributed by atoms with Gasteiger partial charge in [-0.15, -0.1) is 0 Å². The van der Waals surface area contributed by atoms with Crippen LogP contribution < -0.4 is 19.5 Å². The van der Waals surface area contributed by atoms with Gasteiger partial charge in [0.25, 0.3) is 5.91 Å². The SMILES string of the molecule is COc1cc(C(=O)N[C@@H]2CCN3CCc4c([nH]c5ccccc45)[C@@H]3C2)cc(OC)c1OC. The van der Waals surface area contributed by atoms with Crippen molar-refractivity contribution in [3.05, 3.63) is 53.2 Å². The summed E-state index contributed by atoms with van der Waals surface area (Å²) < 4.78 is 16.2. The van der Waals surface area contributed by atoms with Gasteiger partial charge in [-0.1, -0.05) is 18.2 Å². The molecule has 1 amide bonds. The fourth-order valence-electron chi connectivity index (χ4n) is 5.22. The summed E-state index contributed by atoms with van der Waals surface area (Å²) in [6.07, 6.45) is 2.89. The molecule has 1 fully saturated rings. The van der Waals surface area contributed by atoms with Gasteiger partial charge >= 0.3 is 0 Å². The van der Waals surface area contributed by atoms with Gasteiger partial charge < -0.3 is 24.5 Å². The first kappa shape index (κ1) is 20.7. The van der Waals surface area contributed by atoms with Gasteiger partial charge in [-0.2, -0.15) is 0 Å². The van der Waals surface area contributed by atoms with E-state index in [1.807, 2.05) is 0 Å². The second-order valence-corrected chi connectivity index (χ2v) is 8.47. The number of methoxy groups -OCH3 is 3. The molecule has 1 saturated heterocycles. The first-order valence-electron chi connectivity index (χ1n) is 11.1. The van der Waals surface area contributed by atoms with Gasteiger partial charge in [0.1, 0.15) is 0 Å². The zero-order valence-electron chi connectivity index (χ0n) is 18.7. The van der Waals surface area contributed by atoms with Crippen LogP contribution in [0.3, 0.4) is 0 Å². The molecule has 0 bridgehead atoms. The molecule has 0 saturated carbocycles. The third kappa shape index (κ3) is 3.46. The van der Waals surface area contributed by atoms with Crippen molar-refractivity contribution in [1.82, 2.24) is 15.2 Å². The van der Waals surface area contributed by atoms with E-state index in [4.69, 9.17) is 14.2 Å². The van der Waals surface area contributed by atoms with Crippen LogP contribution in [0.1, 0.15) is 40.5 Å². The molecule has 2 aliphatic rings. The summed E-state index contributed by atoms with van der Waals surface area (Å²) in [6, 6.07) is 12.3. The number of carbonyl (C=O) groups is 1. The second kappa shape index (κ2) is 8.39. The Morgan fingerprint density at radius 2 is 1.81 bits per heavy atom. The van der Waals surface area contributed by atoms with E-state index in [-0.39, 0.29) is 11.9 Å². The average Bonchev–Trinajstić information content (AvgIpc) is 3.22. The minimum absolute atomic E-state index is 0.0974. The molecule has 5 rings (SSSR count). The van der Waals surface area contributed by atoms with Crippen LogP contribution >= 0.6 is 0 Å². The second-order valence-electron chi connectivity index (χ2n) is 8.47. The molecular weight excluding hydrogens is 406 g/mol. The summed E-state index contributed by atoms with van der Waals surface area (Å²) in [6.45, 7) is 2.03. The van der Waals surface area contributed by atoms with Gasteiger partial charge in [0, 0.05) is 41.3 Å². The Balaban J connectivity index is 1.37. The topological polar surface area (TPSA) is 75.8 Å². The normalized spacial score (nSPS) is 20.3. The summed E-state index contributed by atoms with van der Waals surface area (Å²) in [4.78, 5) is 19.3. The highest BCUT2D eigenvalue weighted by Crippen LogP contribution is 2.40. The Bertz CT molecular complexity index is 1130. The van der Waals surface area contributed by atoms with Crippen molar-refractivity contribution in [2.24, 2.45) is 0 Å². The van der Waals surface area contributed by atoms with Crippen molar-refractivity contribution < 1.29 is 19.0 Å². The average molecular weight is 436 g/mol. The molecule has 32 heavy (non-hydrogen) atoms. The highest BCUT2D eigenvalue weighted by molar-refractivity contribution is 5.96. The van der Waals surface area contributed by atoms with Gasteiger partial charge in [-0.3, -0.25) is 9.69 Å². The zero-order valence-corrected chi connectivity index (χ0v) is 18.7. The number of H-pyrrole nitrogens is 1. The van der Waals surface area contributed by atoms with Gasteiger partial charge in [-0.25, -0.2) is 0 Å². The van der Waals surface area contributed by atoms with Gasteiger partial charge in [-0.05, 0) is 43.0 Å². The number of piperidine rings is 1. The Morgan fingerprint density at radius 1 is 1.06 bits per heavy atom. The quantitative estimate of drug-likeness (QED) is 0.639. The van der Waals surface area contributed by atoms with Crippen molar-refractivity contribution in [1.29, 1.82) is 0 Å². The lowest BCUT2D eigenvalue weighted by molar-refractivity contribution is 0.0838. The predicted molar refractivity (Wildman–Crippen MR) is 123 cm³/mol. The van der Waals surface area contributed by atoms with Crippen molar-refractivity contribution in [3.8, 4) is 17.2 Å². The van der Waals surface area contributed by atoms with Crippen LogP contribution in [0.15, 0.2) is 36.4 Å². The number of fused-ring (bicyclic) bond motifs is 5. The number of aromatic amines is 1. The monoisotopic (exact) mass is 435 g/mol. The van der Waals surface area contributed by atoms with E-state index in [9.17, 15) is 4.79 Å². The van der Waals surface area contributed by atoms with Crippen LogP contribution in [0.5, 0.6) is 17.2 Å². The molecule has 3 aromatic rings. The first-order valence-corrected chi connectivity index (χ1v) is 11.1. The molecular formula is C25H29N3O4. The summed E-state index contributed by atoms with van der Waals surface area (Å²) in [7, 11) is 4.65. The molecule has 7 heteroatoms. The lowest BCUT2D eigenvalue weighted by atomic mass is 9.88. The number of aromatic nitrogens is 1. The standard InChI is InChI=1S/C25H29N3O4/c1-30-21-12-15(13-22(31-2)24(21)32-3)25(29)26-16-8-10-28-11-9-18-17-6-4-5-7-19(17)27-23(18)20(28)14-16/h4-7,12-13,16,20,27H,8-11,14H2,1-3H3,(H,26,29)/t16-,20+/m1/s1. The highest BCUT2D eigenvalue weighted by Gasteiger charge is 2.36. The molecule has 7 nitrogen and oxygen atoms in total. The zero-order chi connectivity index (χ0) is 22.2. The van der Waals surface area contributed by atoms with Crippen molar-refractivity contribution in [2.75, 3.05) is 34.4 Å². The van der Waals surface area contributed by atoms with Crippen LogP contribution in [0.25, 0.3) is 10.9 Å². The summed E-state index contributed by atoms with van der Waals surface area (Å²) >= 11 is 0. The Kier molecular flexibility index (Phi) is 5.43. The van der Waals surface area contributed by atoms with Crippen LogP contribution in [-0.4, -0.2) is 56.3 Å². The largest absolute Gasteiger partial charge is 0.493 e. The predicted octanol–water partition coefficient (Wildman–Crippen LogP) is 3.69. The molecule has 2 atom stereocenters. The minimum Gasteiger partial charge on any atom is -0.493 e. The number of carbonyl (C=O) groups excluding carboxylic acids is 1. The van der Waals surface area contributed by atoms with E-state index in [1.54, 1.807) is 33.5 Å². The molecule has 2 aliphatic heterocycles. The maximum absolute atomic E-state index is 13.1. The number of rotatable bonds is 5. The van der Waals surface area contributed by atoms with E-state index in [1.165, 1.54) is 22.2 Å². The fourth-order valence-corrected chi connectivity index (χ4v) is 5.22. The van der Waals surface area contributed by atoms with Crippen LogP contribution in [0, 0.1) is 0 Å². The lowest BCUT2D eigenvalue weighted by Gasteiger charge is -2.42. The molecule has 2 aromatic carbocycles. The van der Waals surface area contributed by atoms with Gasteiger partial charge in [0.2, 0.25) is 5.75 Å².